The van der Waals surface area contributed by atoms with Gasteiger partial charge in [-0.15, -0.1) is 0 Å². The summed E-state index contributed by atoms with van der Waals surface area (Å²) in [6.45, 7) is 9.39. The van der Waals surface area contributed by atoms with Crippen molar-refractivity contribution in [3.8, 4) is 0 Å². The summed E-state index contributed by atoms with van der Waals surface area (Å²) in [5.41, 5.74) is 3.59. The highest BCUT2D eigenvalue weighted by Gasteiger charge is 2.33. The quantitative estimate of drug-likeness (QED) is 0.657. The minimum absolute atomic E-state index is 0.0969. The number of piperidine rings is 1. The maximum absolute atomic E-state index is 13.3. The molecule has 0 radical (unpaired) electrons. The molecule has 0 saturated carbocycles. The summed E-state index contributed by atoms with van der Waals surface area (Å²) in [6, 6.07) is 7.97. The van der Waals surface area contributed by atoms with Crippen molar-refractivity contribution in [2.24, 2.45) is 11.3 Å². The van der Waals surface area contributed by atoms with Crippen LogP contribution in [0.25, 0.3) is 10.9 Å². The van der Waals surface area contributed by atoms with Gasteiger partial charge in [-0.3, -0.25) is 9.78 Å². The van der Waals surface area contributed by atoms with Crippen molar-refractivity contribution >= 4 is 22.8 Å². The van der Waals surface area contributed by atoms with E-state index in [4.69, 9.17) is 9.72 Å². The first-order valence-corrected chi connectivity index (χ1v) is 11.6. The summed E-state index contributed by atoms with van der Waals surface area (Å²) in [7, 11) is 0. The van der Waals surface area contributed by atoms with Gasteiger partial charge in [-0.2, -0.15) is 0 Å². The molecule has 2 atom stereocenters. The predicted molar refractivity (Wildman–Crippen MR) is 122 cm³/mol. The van der Waals surface area contributed by atoms with Crippen LogP contribution in [0.2, 0.25) is 0 Å². The zero-order valence-electron chi connectivity index (χ0n) is 19.2. The van der Waals surface area contributed by atoms with Crippen LogP contribution in [0.5, 0.6) is 0 Å². The fourth-order valence-electron chi connectivity index (χ4n) is 5.11. The van der Waals surface area contributed by atoms with E-state index in [0.29, 0.717) is 11.5 Å². The molecule has 1 saturated heterocycles. The predicted octanol–water partition coefficient (Wildman–Crippen LogP) is 4.94. The van der Waals surface area contributed by atoms with E-state index in [1.165, 1.54) is 0 Å². The number of carbonyl (C=O) groups excluding carboxylic acids is 2. The molecule has 2 aliphatic rings. The van der Waals surface area contributed by atoms with E-state index in [1.54, 1.807) is 0 Å². The molecule has 1 fully saturated rings. The molecule has 166 valence electrons. The third-order valence-corrected chi connectivity index (χ3v) is 7.14. The summed E-state index contributed by atoms with van der Waals surface area (Å²) >= 11 is 0. The lowest BCUT2D eigenvalue weighted by Gasteiger charge is -2.35. The molecule has 5 heteroatoms. The van der Waals surface area contributed by atoms with Gasteiger partial charge >= 0.3 is 5.97 Å². The molecule has 1 amide bonds. The summed E-state index contributed by atoms with van der Waals surface area (Å²) in [4.78, 5) is 32.8. The molecular formula is C26H34N2O3. The molecular weight excluding hydrogens is 388 g/mol. The molecule has 31 heavy (non-hydrogen) atoms. The fraction of sp³-hybridized carbons (Fsp3) is 0.577. The Kier molecular flexibility index (Phi) is 6.05. The van der Waals surface area contributed by atoms with Gasteiger partial charge in [0.05, 0.1) is 11.1 Å². The first kappa shape index (κ1) is 21.8. The molecule has 5 nitrogen and oxygen atoms in total. The van der Waals surface area contributed by atoms with Crippen LogP contribution in [0.3, 0.4) is 0 Å². The SMILES string of the molecule is C[C@H]1CCCCN1C(=O)COC(=O)c1c2c(nc3ccccc13)CC[C@H](C(C)(C)C)C2. The van der Waals surface area contributed by atoms with E-state index in [-0.39, 0.29) is 24.0 Å². The van der Waals surface area contributed by atoms with Crippen molar-refractivity contribution in [2.45, 2.75) is 72.3 Å². The molecule has 0 unspecified atom stereocenters. The Hall–Kier alpha value is -2.43. The molecule has 0 N–H and O–H groups in total. The minimum atomic E-state index is -0.401. The largest absolute Gasteiger partial charge is 0.452 e. The second-order valence-electron chi connectivity index (χ2n) is 10.2. The van der Waals surface area contributed by atoms with Crippen molar-refractivity contribution in [1.29, 1.82) is 0 Å². The van der Waals surface area contributed by atoms with Crippen LogP contribution in [0.1, 0.15) is 75.0 Å². The highest BCUT2D eigenvalue weighted by Crippen LogP contribution is 2.39. The van der Waals surface area contributed by atoms with Crippen LogP contribution in [0.15, 0.2) is 24.3 Å². The average molecular weight is 423 g/mol. The van der Waals surface area contributed by atoms with Crippen molar-refractivity contribution < 1.29 is 14.3 Å². The van der Waals surface area contributed by atoms with Crippen molar-refractivity contribution in [3.05, 3.63) is 41.1 Å². The Balaban J connectivity index is 1.63. The number of aromatic nitrogens is 1. The lowest BCUT2D eigenvalue weighted by Crippen LogP contribution is -2.44. The second kappa shape index (κ2) is 8.60. The number of rotatable bonds is 3. The van der Waals surface area contributed by atoms with E-state index >= 15 is 0 Å². The Labute approximate surface area is 185 Å². The smallest absolute Gasteiger partial charge is 0.339 e. The number of nitrogens with zero attached hydrogens (tertiary/aromatic N) is 2. The van der Waals surface area contributed by atoms with Crippen LogP contribution >= 0.6 is 0 Å². The Bertz CT molecular complexity index is 992. The normalized spacial score (nSPS) is 21.6. The van der Waals surface area contributed by atoms with Gasteiger partial charge < -0.3 is 9.64 Å². The van der Waals surface area contributed by atoms with Gasteiger partial charge in [0, 0.05) is 23.7 Å². The molecule has 0 bridgehead atoms. The van der Waals surface area contributed by atoms with Crippen molar-refractivity contribution in [3.63, 3.8) is 0 Å². The Morgan fingerprint density at radius 2 is 1.94 bits per heavy atom. The molecule has 1 aromatic heterocycles. The van der Waals surface area contributed by atoms with Crippen LogP contribution in [0.4, 0.5) is 0 Å². The van der Waals surface area contributed by atoms with Gasteiger partial charge in [0.15, 0.2) is 6.61 Å². The number of likely N-dealkylation sites (tertiary alicyclic amines) is 1. The number of benzene rings is 1. The number of fused-ring (bicyclic) bond motifs is 2. The van der Waals surface area contributed by atoms with Gasteiger partial charge in [-0.05, 0) is 68.4 Å². The number of carbonyl (C=O) groups is 2. The third-order valence-electron chi connectivity index (χ3n) is 7.14. The average Bonchev–Trinajstić information content (AvgIpc) is 2.74. The van der Waals surface area contributed by atoms with E-state index in [9.17, 15) is 9.59 Å². The Morgan fingerprint density at radius 3 is 2.68 bits per heavy atom. The fourth-order valence-corrected chi connectivity index (χ4v) is 5.11. The maximum Gasteiger partial charge on any atom is 0.339 e. The van der Waals surface area contributed by atoms with Gasteiger partial charge in [0.25, 0.3) is 5.91 Å². The lowest BCUT2D eigenvalue weighted by atomic mass is 9.70. The number of esters is 1. The lowest BCUT2D eigenvalue weighted by molar-refractivity contribution is -0.137. The first-order valence-electron chi connectivity index (χ1n) is 11.6. The van der Waals surface area contributed by atoms with E-state index in [0.717, 1.165) is 67.2 Å². The third kappa shape index (κ3) is 4.46. The standard InChI is InChI=1S/C26H34N2O3/c1-17-9-7-8-14-28(17)23(29)16-31-25(30)24-19-10-5-6-11-21(19)27-22-13-12-18(15-20(22)24)26(2,3)4/h5-6,10-11,17-18H,7-9,12-16H2,1-4H3/t17-,18-/m0/s1. The monoisotopic (exact) mass is 422 g/mol. The Morgan fingerprint density at radius 1 is 1.16 bits per heavy atom. The van der Waals surface area contributed by atoms with Crippen molar-refractivity contribution in [2.75, 3.05) is 13.2 Å². The number of ether oxygens (including phenoxy) is 1. The van der Waals surface area contributed by atoms with Crippen LogP contribution in [-0.4, -0.2) is 41.0 Å². The topological polar surface area (TPSA) is 59.5 Å². The van der Waals surface area contributed by atoms with Crippen LogP contribution in [-0.2, 0) is 22.4 Å². The summed E-state index contributed by atoms with van der Waals surface area (Å²) in [5.74, 6) is -0.0203. The van der Waals surface area contributed by atoms with E-state index < -0.39 is 5.97 Å². The molecule has 1 aliphatic heterocycles. The number of amides is 1. The number of hydrogen-bond acceptors (Lipinski definition) is 4. The highest BCUT2D eigenvalue weighted by molar-refractivity contribution is 6.05. The summed E-state index contributed by atoms with van der Waals surface area (Å²) < 4.78 is 5.63. The van der Waals surface area contributed by atoms with Gasteiger partial charge in [0.2, 0.25) is 0 Å². The van der Waals surface area contributed by atoms with Gasteiger partial charge in [-0.1, -0.05) is 39.0 Å². The number of aryl methyl sites for hydroxylation is 1. The number of para-hydroxylation sites is 1. The maximum atomic E-state index is 13.3. The van der Waals surface area contributed by atoms with Crippen LogP contribution in [0, 0.1) is 11.3 Å². The summed E-state index contributed by atoms with van der Waals surface area (Å²) in [6.07, 6.45) is 5.93. The first-order chi connectivity index (χ1) is 14.8. The summed E-state index contributed by atoms with van der Waals surface area (Å²) in [5, 5.41) is 0.819. The molecule has 2 heterocycles. The van der Waals surface area contributed by atoms with E-state index in [2.05, 4.69) is 27.7 Å². The van der Waals surface area contributed by atoms with Gasteiger partial charge in [-0.25, -0.2) is 4.79 Å². The van der Waals surface area contributed by atoms with Crippen LogP contribution < -0.4 is 0 Å². The van der Waals surface area contributed by atoms with Gasteiger partial charge in [0.1, 0.15) is 0 Å². The van der Waals surface area contributed by atoms with Crippen molar-refractivity contribution in [1.82, 2.24) is 9.88 Å². The highest BCUT2D eigenvalue weighted by atomic mass is 16.5. The minimum Gasteiger partial charge on any atom is -0.452 e. The molecule has 0 spiro atoms. The zero-order valence-corrected chi connectivity index (χ0v) is 19.2. The number of pyridine rings is 1. The second-order valence-corrected chi connectivity index (χ2v) is 10.2. The molecule has 1 aliphatic carbocycles. The molecule has 4 rings (SSSR count). The molecule has 1 aromatic carbocycles. The molecule has 2 aromatic rings. The zero-order chi connectivity index (χ0) is 22.2. The number of hydrogen-bond donors (Lipinski definition) is 0. The van der Waals surface area contributed by atoms with E-state index in [1.807, 2.05) is 29.2 Å².